The fraction of sp³-hybridized carbons (Fsp3) is 0.0909. The van der Waals surface area contributed by atoms with Gasteiger partial charge in [-0.3, -0.25) is 10.1 Å². The van der Waals surface area contributed by atoms with Crippen molar-refractivity contribution in [1.29, 1.82) is 0 Å². The van der Waals surface area contributed by atoms with Crippen molar-refractivity contribution in [2.24, 2.45) is 0 Å². The molecule has 0 bridgehead atoms. The number of anilines is 1. The van der Waals surface area contributed by atoms with Crippen LogP contribution in [0, 0.1) is 0 Å². The number of methoxy groups -OCH3 is 1. The van der Waals surface area contributed by atoms with Crippen LogP contribution in [0.5, 0.6) is 11.5 Å². The molecular formula is C22H20N2O3S. The van der Waals surface area contributed by atoms with Crippen LogP contribution in [-0.2, 0) is 6.61 Å². The third kappa shape index (κ3) is 5.31. The minimum atomic E-state index is -0.335. The Morgan fingerprint density at radius 2 is 1.61 bits per heavy atom. The van der Waals surface area contributed by atoms with Gasteiger partial charge in [-0.25, -0.2) is 0 Å². The number of rotatable bonds is 6. The molecule has 5 nitrogen and oxygen atoms in total. The molecule has 0 aromatic heterocycles. The zero-order chi connectivity index (χ0) is 19.8. The highest BCUT2D eigenvalue weighted by Crippen LogP contribution is 2.18. The number of benzene rings is 3. The van der Waals surface area contributed by atoms with Gasteiger partial charge in [-0.05, 0) is 54.2 Å². The second kappa shape index (κ2) is 9.53. The molecule has 142 valence electrons. The maximum absolute atomic E-state index is 12.4. The highest BCUT2D eigenvalue weighted by Gasteiger charge is 2.12. The van der Waals surface area contributed by atoms with Crippen molar-refractivity contribution in [3.63, 3.8) is 0 Å². The lowest BCUT2D eigenvalue weighted by Crippen LogP contribution is -2.34. The summed E-state index contributed by atoms with van der Waals surface area (Å²) in [6, 6.07) is 24.3. The number of para-hydroxylation sites is 1. The summed E-state index contributed by atoms with van der Waals surface area (Å²) >= 11 is 5.22. The first-order valence-electron chi connectivity index (χ1n) is 8.68. The Morgan fingerprint density at radius 1 is 0.929 bits per heavy atom. The molecule has 3 aromatic carbocycles. The van der Waals surface area contributed by atoms with E-state index in [9.17, 15) is 4.79 Å². The SMILES string of the molecule is COc1ccccc1C(=O)NC(=S)Nc1ccc(OCc2ccccc2)cc1. The van der Waals surface area contributed by atoms with Crippen molar-refractivity contribution in [3.8, 4) is 11.5 Å². The molecule has 0 fully saturated rings. The van der Waals surface area contributed by atoms with Gasteiger partial charge < -0.3 is 14.8 Å². The lowest BCUT2D eigenvalue weighted by atomic mass is 10.2. The fourth-order valence-corrected chi connectivity index (χ4v) is 2.75. The van der Waals surface area contributed by atoms with E-state index in [0.717, 1.165) is 17.0 Å². The summed E-state index contributed by atoms with van der Waals surface area (Å²) in [4.78, 5) is 12.4. The first kappa shape index (κ1) is 19.4. The van der Waals surface area contributed by atoms with Gasteiger partial charge in [0.15, 0.2) is 5.11 Å². The highest BCUT2D eigenvalue weighted by atomic mass is 32.1. The maximum Gasteiger partial charge on any atom is 0.261 e. The van der Waals surface area contributed by atoms with Crippen molar-refractivity contribution in [1.82, 2.24) is 5.32 Å². The predicted octanol–water partition coefficient (Wildman–Crippen LogP) is 4.40. The summed E-state index contributed by atoms with van der Waals surface area (Å²) in [6.45, 7) is 0.501. The number of nitrogens with one attached hydrogen (secondary N) is 2. The Morgan fingerprint density at radius 3 is 2.32 bits per heavy atom. The van der Waals surface area contributed by atoms with E-state index in [1.54, 1.807) is 24.3 Å². The third-order valence-electron chi connectivity index (χ3n) is 3.94. The normalized spacial score (nSPS) is 10.0. The predicted molar refractivity (Wildman–Crippen MR) is 114 cm³/mol. The van der Waals surface area contributed by atoms with E-state index in [2.05, 4.69) is 10.6 Å². The average molecular weight is 392 g/mol. The van der Waals surface area contributed by atoms with Crippen LogP contribution >= 0.6 is 12.2 Å². The molecule has 0 atom stereocenters. The lowest BCUT2D eigenvalue weighted by Gasteiger charge is -2.12. The standard InChI is InChI=1S/C22H20N2O3S/c1-26-20-10-6-5-9-19(20)21(25)24-22(28)23-17-11-13-18(14-12-17)27-15-16-7-3-2-4-8-16/h2-14H,15H2,1H3,(H2,23,24,25,28). The molecule has 28 heavy (non-hydrogen) atoms. The molecule has 0 saturated heterocycles. The molecule has 0 aliphatic rings. The van der Waals surface area contributed by atoms with Crippen LogP contribution in [0.2, 0.25) is 0 Å². The van der Waals surface area contributed by atoms with E-state index in [0.29, 0.717) is 17.9 Å². The summed E-state index contributed by atoms with van der Waals surface area (Å²) in [5.74, 6) is 0.902. The number of amides is 1. The largest absolute Gasteiger partial charge is 0.496 e. The molecule has 2 N–H and O–H groups in total. The van der Waals surface area contributed by atoms with Crippen molar-refractivity contribution in [2.45, 2.75) is 6.61 Å². The van der Waals surface area contributed by atoms with E-state index in [1.807, 2.05) is 54.6 Å². The van der Waals surface area contributed by atoms with E-state index >= 15 is 0 Å². The van der Waals surface area contributed by atoms with Crippen LogP contribution in [-0.4, -0.2) is 18.1 Å². The maximum atomic E-state index is 12.4. The molecule has 0 aliphatic heterocycles. The first-order chi connectivity index (χ1) is 13.7. The van der Waals surface area contributed by atoms with Gasteiger partial charge in [0.05, 0.1) is 12.7 Å². The molecule has 6 heteroatoms. The van der Waals surface area contributed by atoms with Gasteiger partial charge in [0.1, 0.15) is 18.1 Å². The summed E-state index contributed by atoms with van der Waals surface area (Å²) in [7, 11) is 1.52. The molecule has 1 amide bonds. The van der Waals surface area contributed by atoms with E-state index in [-0.39, 0.29) is 11.0 Å². The van der Waals surface area contributed by atoms with Gasteiger partial charge in [-0.15, -0.1) is 0 Å². The van der Waals surface area contributed by atoms with Crippen LogP contribution in [0.4, 0.5) is 5.69 Å². The van der Waals surface area contributed by atoms with Crippen LogP contribution in [0.15, 0.2) is 78.9 Å². The number of carbonyl (C=O) groups is 1. The Bertz CT molecular complexity index is 944. The smallest absolute Gasteiger partial charge is 0.261 e. The van der Waals surface area contributed by atoms with E-state index in [4.69, 9.17) is 21.7 Å². The summed E-state index contributed by atoms with van der Waals surface area (Å²) in [5, 5.41) is 5.84. The molecule has 0 saturated carbocycles. The van der Waals surface area contributed by atoms with Crippen LogP contribution < -0.4 is 20.1 Å². The van der Waals surface area contributed by atoms with Gasteiger partial charge in [-0.2, -0.15) is 0 Å². The summed E-state index contributed by atoms with van der Waals surface area (Å²) < 4.78 is 11.0. The average Bonchev–Trinajstić information content (AvgIpc) is 2.74. The zero-order valence-corrected chi connectivity index (χ0v) is 16.2. The van der Waals surface area contributed by atoms with E-state index in [1.165, 1.54) is 7.11 Å². The van der Waals surface area contributed by atoms with Gasteiger partial charge in [0, 0.05) is 5.69 Å². The second-order valence-corrected chi connectivity index (χ2v) is 6.32. The topological polar surface area (TPSA) is 59.6 Å². The Hall–Kier alpha value is -3.38. The number of hydrogen-bond acceptors (Lipinski definition) is 4. The van der Waals surface area contributed by atoms with E-state index < -0.39 is 0 Å². The quantitative estimate of drug-likeness (QED) is 0.609. The number of thiocarbonyl (C=S) groups is 1. The molecule has 0 heterocycles. The Balaban J connectivity index is 1.53. The van der Waals surface area contributed by atoms with Crippen LogP contribution in [0.25, 0.3) is 0 Å². The van der Waals surface area contributed by atoms with Gasteiger partial charge in [-0.1, -0.05) is 42.5 Å². The zero-order valence-electron chi connectivity index (χ0n) is 15.3. The van der Waals surface area contributed by atoms with Gasteiger partial charge >= 0.3 is 0 Å². The van der Waals surface area contributed by atoms with Crippen molar-refractivity contribution < 1.29 is 14.3 Å². The number of carbonyl (C=O) groups excluding carboxylic acids is 1. The summed E-state index contributed by atoms with van der Waals surface area (Å²) in [6.07, 6.45) is 0. The third-order valence-corrected chi connectivity index (χ3v) is 4.14. The number of hydrogen-bond donors (Lipinski definition) is 2. The van der Waals surface area contributed by atoms with Gasteiger partial charge in [0.25, 0.3) is 5.91 Å². The molecule has 0 spiro atoms. The molecule has 0 radical (unpaired) electrons. The lowest BCUT2D eigenvalue weighted by molar-refractivity contribution is 0.0975. The molecule has 0 aliphatic carbocycles. The minimum Gasteiger partial charge on any atom is -0.496 e. The molecule has 3 aromatic rings. The highest BCUT2D eigenvalue weighted by molar-refractivity contribution is 7.80. The van der Waals surface area contributed by atoms with Gasteiger partial charge in [0.2, 0.25) is 0 Å². The van der Waals surface area contributed by atoms with Crippen molar-refractivity contribution in [3.05, 3.63) is 90.0 Å². The Labute approximate surface area is 169 Å². The first-order valence-corrected chi connectivity index (χ1v) is 9.08. The monoisotopic (exact) mass is 392 g/mol. The Kier molecular flexibility index (Phi) is 6.59. The summed E-state index contributed by atoms with van der Waals surface area (Å²) in [5.41, 5.74) is 2.26. The molecule has 3 rings (SSSR count). The number of ether oxygens (including phenoxy) is 2. The van der Waals surface area contributed by atoms with Crippen molar-refractivity contribution >= 4 is 28.9 Å². The van der Waals surface area contributed by atoms with Crippen LogP contribution in [0.1, 0.15) is 15.9 Å². The molecule has 0 unspecified atom stereocenters. The fourth-order valence-electron chi connectivity index (χ4n) is 2.54. The van der Waals surface area contributed by atoms with Crippen LogP contribution in [0.3, 0.4) is 0 Å². The second-order valence-electron chi connectivity index (χ2n) is 5.91. The minimum absolute atomic E-state index is 0.203. The van der Waals surface area contributed by atoms with Crippen molar-refractivity contribution in [2.75, 3.05) is 12.4 Å². The molecular weight excluding hydrogens is 372 g/mol.